The molecule has 8 heteroatoms. The predicted octanol–water partition coefficient (Wildman–Crippen LogP) is -0.874. The second-order valence-electron chi connectivity index (χ2n) is 6.71. The summed E-state index contributed by atoms with van der Waals surface area (Å²) in [5.74, 6) is 8.76. The summed E-state index contributed by atoms with van der Waals surface area (Å²) >= 11 is 0. The fraction of sp³-hybridized carbons (Fsp3) is 0.368. The average molecular weight is 373 g/mol. The maximum Gasteiger partial charge on any atom is 0.267 e. The molecular weight excluding hydrogens is 350 g/mol. The lowest BCUT2D eigenvalue weighted by atomic mass is 9.95. The van der Waals surface area contributed by atoms with Gasteiger partial charge in [-0.25, -0.2) is 5.48 Å². The number of carbonyl (C=O) groups excluding carboxylic acids is 2. The van der Waals surface area contributed by atoms with Gasteiger partial charge in [0.15, 0.2) is 0 Å². The molecule has 0 spiro atoms. The van der Waals surface area contributed by atoms with E-state index in [-0.39, 0.29) is 5.56 Å². The van der Waals surface area contributed by atoms with Gasteiger partial charge in [-0.2, -0.15) is 0 Å². The van der Waals surface area contributed by atoms with Crippen LogP contribution in [-0.2, 0) is 4.79 Å². The minimum absolute atomic E-state index is 0.273. The fourth-order valence-electron chi connectivity index (χ4n) is 1.88. The number of hydrogen-bond acceptors (Lipinski definition) is 6. The van der Waals surface area contributed by atoms with Crippen LogP contribution in [0.4, 0.5) is 0 Å². The molecule has 1 aromatic carbocycles. The van der Waals surface area contributed by atoms with Crippen LogP contribution in [0.25, 0.3) is 0 Å². The molecular formula is C19H23N3O5. The van der Waals surface area contributed by atoms with Gasteiger partial charge in [-0.1, -0.05) is 11.8 Å². The van der Waals surface area contributed by atoms with E-state index in [4.69, 9.17) is 16.0 Å². The number of hydrogen-bond donors (Lipinski definition) is 6. The molecule has 0 bridgehead atoms. The third-order valence-electron chi connectivity index (χ3n) is 3.45. The molecule has 0 saturated carbocycles. The Morgan fingerprint density at radius 1 is 1.19 bits per heavy atom. The van der Waals surface area contributed by atoms with Crippen molar-refractivity contribution in [3.05, 3.63) is 35.4 Å². The predicted molar refractivity (Wildman–Crippen MR) is 98.3 cm³/mol. The molecule has 0 radical (unpaired) electrons. The molecule has 0 fully saturated rings. The molecule has 144 valence electrons. The summed E-state index contributed by atoms with van der Waals surface area (Å²) in [6, 6.07) is 5.05. The number of aliphatic hydroxyl groups is 2. The van der Waals surface area contributed by atoms with E-state index in [0.29, 0.717) is 5.56 Å². The molecule has 0 aliphatic carbocycles. The first-order chi connectivity index (χ1) is 12.5. The van der Waals surface area contributed by atoms with Gasteiger partial charge >= 0.3 is 0 Å². The number of carbonyl (C=O) groups is 2. The summed E-state index contributed by atoms with van der Waals surface area (Å²) in [6.07, 6.45) is 0. The Labute approximate surface area is 157 Å². The van der Waals surface area contributed by atoms with Crippen molar-refractivity contribution in [1.29, 1.82) is 0 Å². The molecule has 1 rings (SSSR count). The van der Waals surface area contributed by atoms with Crippen molar-refractivity contribution in [2.24, 2.45) is 5.73 Å². The number of aliphatic hydroxyl groups excluding tert-OH is 1. The van der Waals surface area contributed by atoms with Crippen molar-refractivity contribution >= 4 is 11.8 Å². The monoisotopic (exact) mass is 373 g/mol. The van der Waals surface area contributed by atoms with Gasteiger partial charge in [0.05, 0.1) is 6.61 Å². The second-order valence-corrected chi connectivity index (χ2v) is 6.71. The van der Waals surface area contributed by atoms with E-state index in [1.165, 1.54) is 24.5 Å². The Bertz CT molecular complexity index is 802. The Hall–Kier alpha value is -2.88. The third-order valence-corrected chi connectivity index (χ3v) is 3.45. The lowest BCUT2D eigenvalue weighted by Crippen LogP contribution is -2.61. The summed E-state index contributed by atoms with van der Waals surface area (Å²) in [7, 11) is 0. The molecule has 2 atom stereocenters. The van der Waals surface area contributed by atoms with Gasteiger partial charge in [0.1, 0.15) is 11.6 Å². The molecule has 0 heterocycles. The summed E-state index contributed by atoms with van der Waals surface area (Å²) in [5.41, 5.74) is 5.59. The third kappa shape index (κ3) is 7.10. The quantitative estimate of drug-likeness (QED) is 0.225. The van der Waals surface area contributed by atoms with Crippen molar-refractivity contribution in [2.45, 2.75) is 38.0 Å². The van der Waals surface area contributed by atoms with Crippen molar-refractivity contribution in [3.8, 4) is 23.7 Å². The number of nitrogens with two attached hydrogens (primary N) is 1. The largest absolute Gasteiger partial charge is 0.392 e. The Balaban J connectivity index is 2.87. The molecule has 27 heavy (non-hydrogen) atoms. The second kappa shape index (κ2) is 9.17. The van der Waals surface area contributed by atoms with Gasteiger partial charge in [0.2, 0.25) is 0 Å². The lowest BCUT2D eigenvalue weighted by molar-refractivity contribution is -0.132. The minimum Gasteiger partial charge on any atom is -0.392 e. The molecule has 1 aromatic rings. The van der Waals surface area contributed by atoms with Crippen LogP contribution in [0.1, 0.15) is 36.7 Å². The van der Waals surface area contributed by atoms with E-state index in [1.807, 2.05) is 0 Å². The molecule has 0 aromatic heterocycles. The summed E-state index contributed by atoms with van der Waals surface area (Å²) < 4.78 is 0. The Morgan fingerprint density at radius 2 is 1.78 bits per heavy atom. The van der Waals surface area contributed by atoms with Crippen LogP contribution >= 0.6 is 0 Å². The Kier molecular flexibility index (Phi) is 7.53. The number of benzene rings is 1. The summed E-state index contributed by atoms with van der Waals surface area (Å²) in [5, 5.41) is 29.7. The standard InChI is InChI=1S/C19H23N3O5/c1-18(2,20)15(17(25)22-27)21-16(24)14-9-7-13(8-10-14)6-4-5-11-19(3,26)12-23/h7-10,15,23,26-27H,12,20H2,1-3H3,(H,21,24)(H,22,25)/t15-,19?/m1/s1. The molecule has 0 aliphatic rings. The first-order valence-electron chi connectivity index (χ1n) is 8.00. The van der Waals surface area contributed by atoms with Crippen LogP contribution < -0.4 is 16.5 Å². The smallest absolute Gasteiger partial charge is 0.267 e. The maximum atomic E-state index is 12.3. The van der Waals surface area contributed by atoms with Gasteiger partial charge < -0.3 is 21.3 Å². The zero-order valence-corrected chi connectivity index (χ0v) is 15.3. The highest BCUT2D eigenvalue weighted by atomic mass is 16.5. The van der Waals surface area contributed by atoms with Crippen molar-refractivity contribution in [2.75, 3.05) is 6.61 Å². The van der Waals surface area contributed by atoms with E-state index in [1.54, 1.807) is 26.0 Å². The van der Waals surface area contributed by atoms with E-state index in [2.05, 4.69) is 29.0 Å². The fourth-order valence-corrected chi connectivity index (χ4v) is 1.88. The van der Waals surface area contributed by atoms with Gasteiger partial charge in [0.25, 0.3) is 11.8 Å². The number of rotatable bonds is 5. The van der Waals surface area contributed by atoms with Crippen LogP contribution in [0.3, 0.4) is 0 Å². The SMILES string of the molecule is CC(O)(C#CC#Cc1ccc(C(=O)N[C@H](C(=O)NO)C(C)(C)N)cc1)CO. The minimum atomic E-state index is -1.51. The molecule has 7 N–H and O–H groups in total. The van der Waals surface area contributed by atoms with Gasteiger partial charge in [-0.15, -0.1) is 0 Å². The lowest BCUT2D eigenvalue weighted by Gasteiger charge is -2.29. The van der Waals surface area contributed by atoms with E-state index >= 15 is 0 Å². The van der Waals surface area contributed by atoms with E-state index in [0.717, 1.165) is 0 Å². The maximum absolute atomic E-state index is 12.3. The zero-order valence-electron chi connectivity index (χ0n) is 15.3. The van der Waals surface area contributed by atoms with Crippen LogP contribution in [-0.4, -0.2) is 51.0 Å². The van der Waals surface area contributed by atoms with Crippen LogP contribution in [0.15, 0.2) is 24.3 Å². The number of hydroxylamine groups is 1. The normalized spacial score (nSPS) is 13.7. The van der Waals surface area contributed by atoms with E-state index in [9.17, 15) is 14.7 Å². The van der Waals surface area contributed by atoms with Crippen LogP contribution in [0.2, 0.25) is 0 Å². The van der Waals surface area contributed by atoms with Crippen LogP contribution in [0, 0.1) is 23.7 Å². The van der Waals surface area contributed by atoms with Crippen molar-refractivity contribution < 1.29 is 25.0 Å². The first kappa shape index (κ1) is 22.2. The van der Waals surface area contributed by atoms with Gasteiger partial charge in [-0.05, 0) is 56.9 Å². The summed E-state index contributed by atoms with van der Waals surface area (Å²) in [4.78, 5) is 24.0. The van der Waals surface area contributed by atoms with Crippen LogP contribution in [0.5, 0.6) is 0 Å². The topological polar surface area (TPSA) is 145 Å². The molecule has 8 nitrogen and oxygen atoms in total. The summed E-state index contributed by atoms with van der Waals surface area (Å²) in [6.45, 7) is 3.95. The van der Waals surface area contributed by atoms with Crippen molar-refractivity contribution in [3.63, 3.8) is 0 Å². The van der Waals surface area contributed by atoms with E-state index < -0.39 is 35.6 Å². The highest BCUT2D eigenvalue weighted by Crippen LogP contribution is 2.09. The Morgan fingerprint density at radius 3 is 2.26 bits per heavy atom. The zero-order chi connectivity index (χ0) is 20.7. The molecule has 0 saturated heterocycles. The molecule has 1 unspecified atom stereocenters. The molecule has 0 aliphatic heterocycles. The highest BCUT2D eigenvalue weighted by molar-refractivity contribution is 5.97. The highest BCUT2D eigenvalue weighted by Gasteiger charge is 2.33. The average Bonchev–Trinajstić information content (AvgIpc) is 2.62. The van der Waals surface area contributed by atoms with Crippen molar-refractivity contribution in [1.82, 2.24) is 10.8 Å². The first-order valence-corrected chi connectivity index (χ1v) is 8.00. The number of nitrogens with one attached hydrogen (secondary N) is 2. The van der Waals surface area contributed by atoms with Gasteiger partial charge in [-0.3, -0.25) is 14.8 Å². The molecule has 2 amide bonds. The van der Waals surface area contributed by atoms with Gasteiger partial charge in [0, 0.05) is 16.7 Å². The number of amides is 2.